The molecule has 31 heavy (non-hydrogen) atoms. The zero-order valence-electron chi connectivity index (χ0n) is 17.9. The Labute approximate surface area is 182 Å². The van der Waals surface area contributed by atoms with E-state index in [-0.39, 0.29) is 19.0 Å². The number of allylic oxidation sites excluding steroid dienone is 3. The van der Waals surface area contributed by atoms with Crippen LogP contribution in [0.15, 0.2) is 77.1 Å². The van der Waals surface area contributed by atoms with Gasteiger partial charge in [-0.15, -0.1) is 0 Å². The summed E-state index contributed by atoms with van der Waals surface area (Å²) in [6.45, 7) is 4.29. The number of carbonyl (C=O) groups is 2. The lowest BCUT2D eigenvalue weighted by Gasteiger charge is -2.34. The quantitative estimate of drug-likeness (QED) is 0.550. The Morgan fingerprint density at radius 2 is 1.74 bits per heavy atom. The molecule has 0 bridgehead atoms. The highest BCUT2D eigenvalue weighted by atomic mass is 16.6. The van der Waals surface area contributed by atoms with Gasteiger partial charge in [0.2, 0.25) is 0 Å². The van der Waals surface area contributed by atoms with Crippen molar-refractivity contribution in [3.05, 3.63) is 88.3 Å². The average Bonchev–Trinajstić information content (AvgIpc) is 2.77. The molecule has 0 fully saturated rings. The minimum Gasteiger partial charge on any atom is -0.490 e. The molecular weight excluding hydrogens is 390 g/mol. The third kappa shape index (κ3) is 4.55. The van der Waals surface area contributed by atoms with E-state index >= 15 is 0 Å². The van der Waals surface area contributed by atoms with Gasteiger partial charge in [0.05, 0.1) is 5.57 Å². The van der Waals surface area contributed by atoms with Crippen molar-refractivity contribution >= 4 is 11.8 Å². The molecule has 5 nitrogen and oxygen atoms in total. The summed E-state index contributed by atoms with van der Waals surface area (Å²) in [6, 6.07) is 17.4. The third-order valence-electron chi connectivity index (χ3n) is 5.73. The number of carbonyl (C=O) groups excluding carboxylic acids is 2. The van der Waals surface area contributed by atoms with Crippen LogP contribution in [0.4, 0.5) is 0 Å². The first kappa shape index (κ1) is 20.9. The summed E-state index contributed by atoms with van der Waals surface area (Å²) < 4.78 is 11.2. The lowest BCUT2D eigenvalue weighted by atomic mass is 9.75. The van der Waals surface area contributed by atoms with Gasteiger partial charge in [-0.1, -0.05) is 48.0 Å². The molecule has 2 aliphatic rings. The molecule has 0 radical (unpaired) electrons. The Bertz CT molecular complexity index is 1030. The highest BCUT2D eigenvalue weighted by molar-refractivity contribution is 6.03. The zero-order valence-corrected chi connectivity index (χ0v) is 17.9. The lowest BCUT2D eigenvalue weighted by molar-refractivity contribution is -0.140. The van der Waals surface area contributed by atoms with E-state index in [4.69, 9.17) is 9.47 Å². The van der Waals surface area contributed by atoms with Crippen molar-refractivity contribution in [3.63, 3.8) is 0 Å². The number of benzene rings is 2. The van der Waals surface area contributed by atoms with Crippen LogP contribution in [0.3, 0.4) is 0 Å². The molecule has 2 aromatic rings. The van der Waals surface area contributed by atoms with Crippen LogP contribution < -0.4 is 10.1 Å². The molecule has 1 aliphatic carbocycles. The van der Waals surface area contributed by atoms with Crippen LogP contribution in [0.2, 0.25) is 0 Å². The topological polar surface area (TPSA) is 64.6 Å². The van der Waals surface area contributed by atoms with Gasteiger partial charge in [0.1, 0.15) is 19.0 Å². The summed E-state index contributed by atoms with van der Waals surface area (Å²) >= 11 is 0. The minimum absolute atomic E-state index is 0.101. The molecule has 2 aromatic carbocycles. The van der Waals surface area contributed by atoms with E-state index in [9.17, 15) is 9.59 Å². The van der Waals surface area contributed by atoms with E-state index in [1.165, 1.54) is 0 Å². The van der Waals surface area contributed by atoms with Crippen LogP contribution in [-0.2, 0) is 14.3 Å². The summed E-state index contributed by atoms with van der Waals surface area (Å²) in [7, 11) is 0. The lowest BCUT2D eigenvalue weighted by Crippen LogP contribution is -2.34. The predicted octanol–water partition coefficient (Wildman–Crippen LogP) is 4.59. The summed E-state index contributed by atoms with van der Waals surface area (Å²) in [4.78, 5) is 26.0. The number of ketones is 1. The first-order valence-electron chi connectivity index (χ1n) is 10.7. The standard InChI is InChI=1S/C26H27NO4/c1-17-11-13-19(14-12-17)24-23(18(2)27-21-9-6-10-22(28)25(21)24)26(29)31-16-15-30-20-7-4-3-5-8-20/h3-5,7-8,11-14,24,27H,6,9-10,15-16H2,1-2H3/t24-/m0/s1. The molecule has 0 amide bonds. The zero-order chi connectivity index (χ0) is 21.8. The average molecular weight is 418 g/mol. The molecule has 4 rings (SSSR count). The molecule has 1 N–H and O–H groups in total. The van der Waals surface area contributed by atoms with E-state index in [2.05, 4.69) is 5.32 Å². The van der Waals surface area contributed by atoms with Gasteiger partial charge in [0.15, 0.2) is 5.78 Å². The highest BCUT2D eigenvalue weighted by Crippen LogP contribution is 2.42. The molecule has 1 atom stereocenters. The molecule has 1 aliphatic heterocycles. The van der Waals surface area contributed by atoms with E-state index in [1.54, 1.807) is 0 Å². The number of para-hydroxylation sites is 1. The van der Waals surface area contributed by atoms with E-state index in [0.29, 0.717) is 17.6 Å². The van der Waals surface area contributed by atoms with Crippen molar-refractivity contribution in [2.24, 2.45) is 0 Å². The number of esters is 1. The maximum absolute atomic E-state index is 13.1. The van der Waals surface area contributed by atoms with Gasteiger partial charge in [-0.3, -0.25) is 4.79 Å². The Balaban J connectivity index is 1.55. The van der Waals surface area contributed by atoms with Gasteiger partial charge < -0.3 is 14.8 Å². The first-order chi connectivity index (χ1) is 15.0. The fraction of sp³-hybridized carbons (Fsp3) is 0.308. The monoisotopic (exact) mass is 417 g/mol. The van der Waals surface area contributed by atoms with Crippen LogP contribution in [0.1, 0.15) is 43.2 Å². The van der Waals surface area contributed by atoms with Gasteiger partial charge in [0, 0.05) is 29.3 Å². The van der Waals surface area contributed by atoms with Crippen molar-refractivity contribution in [3.8, 4) is 5.75 Å². The van der Waals surface area contributed by atoms with Crippen LogP contribution in [0.25, 0.3) is 0 Å². The molecule has 0 saturated heterocycles. The number of dihydropyridines is 1. The van der Waals surface area contributed by atoms with Crippen molar-refractivity contribution in [1.29, 1.82) is 0 Å². The Morgan fingerprint density at radius 1 is 1.00 bits per heavy atom. The van der Waals surface area contributed by atoms with Crippen molar-refractivity contribution in [1.82, 2.24) is 5.32 Å². The molecule has 0 saturated carbocycles. The van der Waals surface area contributed by atoms with Crippen LogP contribution in [0.5, 0.6) is 5.75 Å². The van der Waals surface area contributed by atoms with Crippen molar-refractivity contribution < 1.29 is 19.1 Å². The minimum atomic E-state index is -0.419. The molecule has 5 heteroatoms. The second-order valence-electron chi connectivity index (χ2n) is 7.97. The van der Waals surface area contributed by atoms with Crippen molar-refractivity contribution in [2.75, 3.05) is 13.2 Å². The summed E-state index contributed by atoms with van der Waals surface area (Å²) in [6.07, 6.45) is 2.15. The van der Waals surface area contributed by atoms with Gasteiger partial charge >= 0.3 is 5.97 Å². The Kier molecular flexibility index (Phi) is 6.21. The summed E-state index contributed by atoms with van der Waals surface area (Å²) in [5.41, 5.74) is 4.94. The van der Waals surface area contributed by atoms with Crippen LogP contribution in [0, 0.1) is 6.92 Å². The molecule has 0 spiro atoms. The Morgan fingerprint density at radius 3 is 2.48 bits per heavy atom. The molecule has 0 aromatic heterocycles. The molecule has 1 heterocycles. The summed E-state index contributed by atoms with van der Waals surface area (Å²) in [5.74, 6) is 0.00213. The molecule has 0 unspecified atom stereocenters. The molecular formula is C26H27NO4. The molecule has 160 valence electrons. The number of ether oxygens (including phenoxy) is 2. The van der Waals surface area contributed by atoms with E-state index in [1.807, 2.05) is 68.4 Å². The number of aryl methyl sites for hydroxylation is 1. The van der Waals surface area contributed by atoms with E-state index in [0.717, 1.165) is 41.1 Å². The van der Waals surface area contributed by atoms with Gasteiger partial charge in [0.25, 0.3) is 0 Å². The Hall–Kier alpha value is -3.34. The highest BCUT2D eigenvalue weighted by Gasteiger charge is 2.39. The number of hydrogen-bond donors (Lipinski definition) is 1. The number of Topliss-reactive ketones (excluding diaryl/α,β-unsaturated/α-hetero) is 1. The summed E-state index contributed by atoms with van der Waals surface area (Å²) in [5, 5.41) is 3.31. The van der Waals surface area contributed by atoms with Crippen LogP contribution in [-0.4, -0.2) is 25.0 Å². The predicted molar refractivity (Wildman–Crippen MR) is 119 cm³/mol. The second-order valence-corrected chi connectivity index (χ2v) is 7.97. The largest absolute Gasteiger partial charge is 0.490 e. The smallest absolute Gasteiger partial charge is 0.336 e. The van der Waals surface area contributed by atoms with Gasteiger partial charge in [-0.2, -0.15) is 0 Å². The van der Waals surface area contributed by atoms with Gasteiger partial charge in [-0.05, 0) is 44.4 Å². The maximum Gasteiger partial charge on any atom is 0.336 e. The number of nitrogens with one attached hydrogen (secondary N) is 1. The fourth-order valence-electron chi connectivity index (χ4n) is 4.23. The van der Waals surface area contributed by atoms with E-state index < -0.39 is 11.9 Å². The number of hydrogen-bond acceptors (Lipinski definition) is 5. The second kappa shape index (κ2) is 9.21. The first-order valence-corrected chi connectivity index (χ1v) is 10.7. The fourth-order valence-corrected chi connectivity index (χ4v) is 4.23. The van der Waals surface area contributed by atoms with Gasteiger partial charge in [-0.25, -0.2) is 4.79 Å². The third-order valence-corrected chi connectivity index (χ3v) is 5.73. The maximum atomic E-state index is 13.1. The normalized spacial score (nSPS) is 18.4. The van der Waals surface area contributed by atoms with Crippen molar-refractivity contribution in [2.45, 2.75) is 39.0 Å². The number of rotatable bonds is 6. The van der Waals surface area contributed by atoms with Crippen LogP contribution >= 0.6 is 0 Å². The SMILES string of the molecule is CC1=C(C(=O)OCCOc2ccccc2)[C@H](c2ccc(C)cc2)C2=C(CCCC2=O)N1.